The van der Waals surface area contributed by atoms with E-state index in [9.17, 15) is 4.79 Å². The van der Waals surface area contributed by atoms with E-state index in [2.05, 4.69) is 0 Å². The SMILES string of the molecule is O=C(Oc1ccccc1)C(I)=C(Cl)I. The summed E-state index contributed by atoms with van der Waals surface area (Å²) >= 11 is 9.36. The Labute approximate surface area is 114 Å². The summed E-state index contributed by atoms with van der Waals surface area (Å²) in [5, 5.41) is 0. The Morgan fingerprint density at radius 3 is 2.29 bits per heavy atom. The number of rotatable bonds is 2. The quantitative estimate of drug-likeness (QED) is 0.306. The third-order valence-corrected chi connectivity index (χ3v) is 4.36. The summed E-state index contributed by atoms with van der Waals surface area (Å²) in [4.78, 5) is 11.4. The van der Waals surface area contributed by atoms with Gasteiger partial charge in [-0.15, -0.1) is 0 Å². The molecule has 0 aromatic heterocycles. The average Bonchev–Trinajstić information content (AvgIpc) is 2.18. The fourth-order valence-electron chi connectivity index (χ4n) is 0.718. The molecule has 0 bridgehead atoms. The third-order valence-electron chi connectivity index (χ3n) is 1.30. The Morgan fingerprint density at radius 1 is 1.21 bits per heavy atom. The Balaban J connectivity index is 2.72. The highest BCUT2D eigenvalue weighted by atomic mass is 127. The molecule has 0 radical (unpaired) electrons. The van der Waals surface area contributed by atoms with Crippen LogP contribution in [-0.2, 0) is 4.79 Å². The van der Waals surface area contributed by atoms with Crippen molar-refractivity contribution in [1.82, 2.24) is 0 Å². The molecule has 0 atom stereocenters. The number of carbonyl (C=O) groups is 1. The molecule has 0 unspecified atom stereocenters. The molecule has 74 valence electrons. The predicted octanol–water partition coefficient (Wildman–Crippen LogP) is 3.87. The van der Waals surface area contributed by atoms with E-state index in [-0.39, 0.29) is 0 Å². The number of carbonyl (C=O) groups excluding carboxylic acids is 1. The fourth-order valence-corrected chi connectivity index (χ4v) is 1.12. The lowest BCUT2D eigenvalue weighted by Gasteiger charge is -2.02. The molecule has 2 nitrogen and oxygen atoms in total. The molecule has 0 aliphatic heterocycles. The Hall–Kier alpha value is 0.180. The maximum atomic E-state index is 11.4. The summed E-state index contributed by atoms with van der Waals surface area (Å²) in [7, 11) is 0. The van der Waals surface area contributed by atoms with E-state index >= 15 is 0 Å². The summed E-state index contributed by atoms with van der Waals surface area (Å²) in [5.74, 6) is 0.0807. The van der Waals surface area contributed by atoms with Gasteiger partial charge in [-0.25, -0.2) is 4.79 Å². The van der Waals surface area contributed by atoms with Crippen molar-refractivity contribution in [2.75, 3.05) is 0 Å². The van der Waals surface area contributed by atoms with Gasteiger partial charge in [0.05, 0.1) is 3.04 Å². The van der Waals surface area contributed by atoms with Gasteiger partial charge in [0.15, 0.2) is 0 Å². The van der Waals surface area contributed by atoms with Crippen molar-refractivity contribution in [3.63, 3.8) is 0 Å². The predicted molar refractivity (Wildman–Crippen MR) is 73.0 cm³/mol. The van der Waals surface area contributed by atoms with E-state index in [1.54, 1.807) is 24.3 Å². The van der Waals surface area contributed by atoms with Crippen LogP contribution in [0.5, 0.6) is 5.75 Å². The van der Waals surface area contributed by atoms with Crippen molar-refractivity contribution in [3.05, 3.63) is 37.0 Å². The van der Waals surface area contributed by atoms with Crippen LogP contribution in [0, 0.1) is 0 Å². The van der Waals surface area contributed by atoms with Crippen LogP contribution >= 0.6 is 56.8 Å². The van der Waals surface area contributed by atoms with Gasteiger partial charge in [-0.1, -0.05) is 29.8 Å². The van der Waals surface area contributed by atoms with Gasteiger partial charge in [0.25, 0.3) is 0 Å². The van der Waals surface area contributed by atoms with Crippen LogP contribution in [0.3, 0.4) is 0 Å². The molecule has 0 aliphatic rings. The topological polar surface area (TPSA) is 26.3 Å². The zero-order valence-corrected chi connectivity index (χ0v) is 11.9. The molecule has 0 saturated heterocycles. The molecule has 0 saturated carbocycles. The van der Waals surface area contributed by atoms with Gasteiger partial charge in [-0.3, -0.25) is 0 Å². The molecule has 1 aromatic rings. The summed E-state index contributed by atoms with van der Waals surface area (Å²) in [6, 6.07) is 8.87. The van der Waals surface area contributed by atoms with Crippen LogP contribution < -0.4 is 4.74 Å². The first-order valence-corrected chi connectivity index (χ1v) is 6.13. The number of halogens is 3. The number of esters is 1. The highest BCUT2D eigenvalue weighted by molar-refractivity contribution is 14.1. The van der Waals surface area contributed by atoms with Crippen LogP contribution in [0.4, 0.5) is 0 Å². The molecule has 1 rings (SSSR count). The third kappa shape index (κ3) is 3.74. The summed E-state index contributed by atoms with van der Waals surface area (Å²) < 4.78 is 5.83. The number of ether oxygens (including phenoxy) is 1. The van der Waals surface area contributed by atoms with E-state index in [0.717, 1.165) is 0 Å². The number of para-hydroxylation sites is 1. The first kappa shape index (κ1) is 12.3. The Kier molecular flexibility index (Phi) is 5.18. The number of benzene rings is 1. The minimum absolute atomic E-state index is 0.383. The van der Waals surface area contributed by atoms with Gasteiger partial charge in [-0.05, 0) is 57.3 Å². The van der Waals surface area contributed by atoms with E-state index in [0.29, 0.717) is 12.4 Å². The molecule has 14 heavy (non-hydrogen) atoms. The number of hydrogen-bond donors (Lipinski definition) is 0. The normalized spacial score (nSPS) is 11.9. The minimum Gasteiger partial charge on any atom is -0.423 e. The maximum Gasteiger partial charge on any atom is 0.351 e. The zero-order chi connectivity index (χ0) is 10.6. The van der Waals surface area contributed by atoms with Crippen molar-refractivity contribution in [1.29, 1.82) is 0 Å². The van der Waals surface area contributed by atoms with Crippen molar-refractivity contribution in [3.8, 4) is 5.75 Å². The molecule has 1 aromatic carbocycles. The van der Waals surface area contributed by atoms with E-state index in [4.69, 9.17) is 16.3 Å². The standard InChI is InChI=1S/C9H5ClI2O2/c10-8(12)7(11)9(13)14-6-4-2-1-3-5-6/h1-5H. The van der Waals surface area contributed by atoms with Gasteiger partial charge >= 0.3 is 5.97 Å². The van der Waals surface area contributed by atoms with Crippen LogP contribution in [0.25, 0.3) is 0 Å². The van der Waals surface area contributed by atoms with Crippen molar-refractivity contribution in [2.24, 2.45) is 0 Å². The average molecular weight is 434 g/mol. The van der Waals surface area contributed by atoms with Crippen LogP contribution in [0.2, 0.25) is 0 Å². The minimum atomic E-state index is -0.434. The summed E-state index contributed by atoms with van der Waals surface area (Å²) in [6.07, 6.45) is 0. The molecular formula is C9H5ClI2O2. The lowest BCUT2D eigenvalue weighted by atomic mass is 10.3. The van der Waals surface area contributed by atoms with Gasteiger partial charge in [0, 0.05) is 0 Å². The highest BCUT2D eigenvalue weighted by Crippen LogP contribution is 2.24. The van der Waals surface area contributed by atoms with E-state index in [1.807, 2.05) is 51.2 Å². The molecular weight excluding hydrogens is 429 g/mol. The molecule has 0 heterocycles. The maximum absolute atomic E-state index is 11.4. The lowest BCUT2D eigenvalue weighted by Crippen LogP contribution is -2.07. The lowest BCUT2D eigenvalue weighted by molar-refractivity contribution is -0.129. The van der Waals surface area contributed by atoms with Crippen LogP contribution in [0.1, 0.15) is 0 Å². The Morgan fingerprint density at radius 2 is 1.79 bits per heavy atom. The molecule has 0 N–H and O–H groups in total. The largest absolute Gasteiger partial charge is 0.423 e. The first-order chi connectivity index (χ1) is 6.61. The molecule has 0 spiro atoms. The molecule has 0 fully saturated rings. The van der Waals surface area contributed by atoms with Crippen molar-refractivity contribution < 1.29 is 9.53 Å². The highest BCUT2D eigenvalue weighted by Gasteiger charge is 2.11. The molecule has 0 aliphatic carbocycles. The summed E-state index contributed by atoms with van der Waals surface area (Å²) in [5.41, 5.74) is 0. The van der Waals surface area contributed by atoms with E-state index in [1.165, 1.54) is 0 Å². The molecule has 5 heteroatoms. The van der Waals surface area contributed by atoms with Crippen LogP contribution in [0.15, 0.2) is 37.0 Å². The number of hydrogen-bond acceptors (Lipinski definition) is 2. The van der Waals surface area contributed by atoms with E-state index < -0.39 is 5.97 Å². The second-order valence-corrected chi connectivity index (χ2v) is 5.45. The van der Waals surface area contributed by atoms with Crippen molar-refractivity contribution in [2.45, 2.75) is 0 Å². The zero-order valence-electron chi connectivity index (χ0n) is 6.84. The summed E-state index contributed by atoms with van der Waals surface area (Å²) in [6.45, 7) is 0. The molecule has 0 amide bonds. The van der Waals surface area contributed by atoms with Gasteiger partial charge in [0.1, 0.15) is 9.33 Å². The van der Waals surface area contributed by atoms with Gasteiger partial charge in [-0.2, -0.15) is 0 Å². The van der Waals surface area contributed by atoms with Gasteiger partial charge in [0.2, 0.25) is 0 Å². The van der Waals surface area contributed by atoms with Crippen LogP contribution in [-0.4, -0.2) is 5.97 Å². The fraction of sp³-hybridized carbons (Fsp3) is 0. The first-order valence-electron chi connectivity index (χ1n) is 3.59. The second kappa shape index (κ2) is 5.92. The van der Waals surface area contributed by atoms with Crippen molar-refractivity contribution >= 4 is 62.8 Å². The monoisotopic (exact) mass is 434 g/mol. The van der Waals surface area contributed by atoms with Gasteiger partial charge < -0.3 is 4.74 Å². The second-order valence-electron chi connectivity index (χ2n) is 2.28. The Bertz CT molecular complexity index is 358. The smallest absolute Gasteiger partial charge is 0.351 e.